The van der Waals surface area contributed by atoms with E-state index in [4.69, 9.17) is 9.47 Å². The summed E-state index contributed by atoms with van der Waals surface area (Å²) in [6.07, 6.45) is 8.40. The van der Waals surface area contributed by atoms with Gasteiger partial charge >= 0.3 is 179 Å². The SMILES string of the molecule is CCC[I-]n1[cH-]n([I-]CCC)c2c(=O)c3ccccc3c(=O)c1=2.CCOCCN1C=CN(CCOCC)[CH-]1.[Au+3]. The monoisotopic (exact) mass is 947 g/mol. The van der Waals surface area contributed by atoms with E-state index >= 15 is 0 Å². The Hall–Kier alpha value is -0.770. The second kappa shape index (κ2) is 18.6. The first-order valence-corrected chi connectivity index (χ1v) is 18.3. The van der Waals surface area contributed by atoms with Crippen LogP contribution in [-0.2, 0) is 31.9 Å². The molecule has 3 aliphatic rings. The van der Waals surface area contributed by atoms with Gasteiger partial charge < -0.3 is 19.3 Å². The molecule has 1 aromatic rings. The molecular formula is C28H40AuI2N4O4-. The Morgan fingerprint density at radius 2 is 1.18 bits per heavy atom. The maximum atomic E-state index is 13.0. The van der Waals surface area contributed by atoms with Crippen LogP contribution in [0.25, 0.3) is 10.8 Å². The number of aromatic nitrogens is 2. The van der Waals surface area contributed by atoms with E-state index in [1.54, 1.807) is 12.1 Å². The Labute approximate surface area is 268 Å². The first-order chi connectivity index (χ1) is 18.5. The maximum Gasteiger partial charge on any atom is 3.00 e. The quantitative estimate of drug-likeness (QED) is 0.0582. The fraction of sp³-hybridized carbons (Fsp3) is 0.500. The molecule has 39 heavy (non-hydrogen) atoms. The average Bonchev–Trinajstić information content (AvgIpc) is 3.54. The number of rotatable bonds is 14. The number of halogens is 2. The molecule has 2 heterocycles. The number of nitrogens with zero attached hydrogens (tertiary/aromatic N) is 4. The van der Waals surface area contributed by atoms with Crippen molar-refractivity contribution in [1.29, 1.82) is 0 Å². The zero-order valence-corrected chi connectivity index (χ0v) is 29.7. The zero-order valence-electron chi connectivity index (χ0n) is 23.2. The molecule has 0 bridgehead atoms. The maximum absolute atomic E-state index is 13.0. The summed E-state index contributed by atoms with van der Waals surface area (Å²) < 4.78 is 17.1. The van der Waals surface area contributed by atoms with Gasteiger partial charge in [-0.05, 0) is 26.2 Å². The third-order valence-corrected chi connectivity index (χ3v) is 11.7. The van der Waals surface area contributed by atoms with E-state index in [1.165, 1.54) is 0 Å². The van der Waals surface area contributed by atoms with Crippen LogP contribution in [0.5, 0.6) is 0 Å². The average molecular weight is 947 g/mol. The molecule has 0 N–H and O–H groups in total. The summed E-state index contributed by atoms with van der Waals surface area (Å²) in [5.74, 6) is 0. The molecule has 0 spiro atoms. The smallest absolute Gasteiger partial charge is 0.506 e. The van der Waals surface area contributed by atoms with Gasteiger partial charge in [0.05, 0.1) is 13.2 Å². The van der Waals surface area contributed by atoms with Crippen molar-refractivity contribution in [3.63, 3.8) is 0 Å². The van der Waals surface area contributed by atoms with Gasteiger partial charge in [0.25, 0.3) is 0 Å². The molecule has 0 saturated carbocycles. The van der Waals surface area contributed by atoms with Crippen molar-refractivity contribution in [1.82, 2.24) is 15.4 Å². The molecule has 0 radical (unpaired) electrons. The first-order valence-electron chi connectivity index (χ1n) is 13.3. The van der Waals surface area contributed by atoms with Crippen LogP contribution >= 0.6 is 0 Å². The Bertz CT molecular complexity index is 1240. The summed E-state index contributed by atoms with van der Waals surface area (Å²) in [5.41, 5.74) is 0.0375. The van der Waals surface area contributed by atoms with E-state index in [9.17, 15) is 9.59 Å². The molecule has 2 aliphatic heterocycles. The number of hydrogen-bond acceptors (Lipinski definition) is 6. The molecule has 1 aromatic carbocycles. The Balaban J connectivity index is 0.000000292. The molecule has 0 atom stereocenters. The summed E-state index contributed by atoms with van der Waals surface area (Å²) in [6.45, 7) is 15.4. The van der Waals surface area contributed by atoms with Gasteiger partial charge in [-0.3, -0.25) is 0 Å². The van der Waals surface area contributed by atoms with Crippen LogP contribution in [0.15, 0.2) is 52.6 Å². The summed E-state index contributed by atoms with van der Waals surface area (Å²) in [7, 11) is 0. The largest absolute Gasteiger partial charge is 3.00 e. The summed E-state index contributed by atoms with van der Waals surface area (Å²) >= 11 is -0.564. The summed E-state index contributed by atoms with van der Waals surface area (Å²) in [5, 5.41) is 2.41. The van der Waals surface area contributed by atoms with Crippen molar-refractivity contribution in [3.8, 4) is 0 Å². The topological polar surface area (TPSA) is 68.9 Å². The molecule has 1 aliphatic carbocycles. The van der Waals surface area contributed by atoms with Crippen LogP contribution in [0.3, 0.4) is 0 Å². The van der Waals surface area contributed by atoms with Crippen LogP contribution in [0.2, 0.25) is 0 Å². The zero-order chi connectivity index (χ0) is 27.3. The fourth-order valence-electron chi connectivity index (χ4n) is 3.81. The van der Waals surface area contributed by atoms with Crippen molar-refractivity contribution in [2.75, 3.05) is 48.4 Å². The van der Waals surface area contributed by atoms with Gasteiger partial charge in [-0.15, -0.1) is 0 Å². The summed E-state index contributed by atoms with van der Waals surface area (Å²) in [6, 6.07) is 7.22. The van der Waals surface area contributed by atoms with Crippen LogP contribution in [0.1, 0.15) is 40.5 Å². The molecule has 11 heteroatoms. The van der Waals surface area contributed by atoms with E-state index in [-0.39, 0.29) is 76.2 Å². The van der Waals surface area contributed by atoms with Crippen molar-refractivity contribution >= 4 is 10.8 Å². The van der Waals surface area contributed by atoms with Gasteiger partial charge in [0.15, 0.2) is 0 Å². The molecular weight excluding hydrogens is 907 g/mol. The third-order valence-electron chi connectivity index (χ3n) is 5.65. The van der Waals surface area contributed by atoms with E-state index in [0.717, 1.165) is 61.2 Å². The number of ether oxygens (including phenoxy) is 2. The second-order valence-corrected chi connectivity index (χ2v) is 14.1. The summed E-state index contributed by atoms with van der Waals surface area (Å²) in [4.78, 5) is 30.2. The van der Waals surface area contributed by atoms with Gasteiger partial charge in [-0.25, -0.2) is 0 Å². The standard InChI is InChI=1S/C17H19I2N2O2.C11H21N2O2.Au/c1-3-9-18-20-11-21(19-10-4-2)15-14(20)16(22)12-7-5-6-8-13(12)17(15)23;1-3-14-9-7-12-5-6-13(11-12)8-10-15-4-2;/h5-8,11H,3-4,9-10H2,1-2H3;5-6,11H,3-4,7-10H2,1-2H3;/q-3;-1;+3. The molecule has 8 nitrogen and oxygen atoms in total. The Kier molecular flexibility index (Phi) is 16.4. The van der Waals surface area contributed by atoms with Crippen molar-refractivity contribution < 1.29 is 74.8 Å². The number of fused-ring (bicyclic) bond motifs is 1. The van der Waals surface area contributed by atoms with Crippen molar-refractivity contribution in [2.45, 2.75) is 40.5 Å². The molecule has 222 valence electrons. The molecule has 0 saturated heterocycles. The van der Waals surface area contributed by atoms with Crippen molar-refractivity contribution in [3.05, 3.63) is 80.8 Å². The normalized spacial score (nSPS) is 12.9. The molecule has 0 aromatic heterocycles. The van der Waals surface area contributed by atoms with Crippen LogP contribution in [-0.4, -0.2) is 63.7 Å². The predicted molar refractivity (Wildman–Crippen MR) is 144 cm³/mol. The number of alkyl halides is 2. The third kappa shape index (κ3) is 9.64. The second-order valence-electron chi connectivity index (χ2n) is 8.54. The number of hydrogen-bond donors (Lipinski definition) is 0. The molecule has 0 unspecified atom stereocenters. The van der Waals surface area contributed by atoms with Crippen LogP contribution in [0, 0.1) is 17.4 Å². The number of benzene rings is 1. The predicted octanol–water partition coefficient (Wildman–Crippen LogP) is -2.60. The minimum atomic E-state index is -0.282. The first kappa shape index (κ1) is 34.4. The molecule has 0 amide bonds. The van der Waals surface area contributed by atoms with Gasteiger partial charge in [-0.2, -0.15) is 6.67 Å². The van der Waals surface area contributed by atoms with Gasteiger partial charge in [-0.1, -0.05) is 0 Å². The van der Waals surface area contributed by atoms with Gasteiger partial charge in [0, 0.05) is 26.3 Å². The molecule has 0 fully saturated rings. The minimum Gasteiger partial charge on any atom is -0.506 e. The van der Waals surface area contributed by atoms with Gasteiger partial charge in [0.1, 0.15) is 0 Å². The Morgan fingerprint density at radius 1 is 0.744 bits per heavy atom. The fourth-order valence-corrected chi connectivity index (χ4v) is 8.72. The van der Waals surface area contributed by atoms with E-state index in [1.807, 2.05) is 26.0 Å². The Morgan fingerprint density at radius 3 is 1.56 bits per heavy atom. The minimum absolute atomic E-state index is 0. The molecule has 4 rings (SSSR count). The van der Waals surface area contributed by atoms with E-state index < -0.39 is 0 Å². The van der Waals surface area contributed by atoms with E-state index in [0.29, 0.717) is 21.5 Å². The van der Waals surface area contributed by atoms with E-state index in [2.05, 4.69) is 54.6 Å². The van der Waals surface area contributed by atoms with Crippen molar-refractivity contribution in [2.24, 2.45) is 0 Å². The van der Waals surface area contributed by atoms with Crippen LogP contribution < -0.4 is 53.8 Å². The van der Waals surface area contributed by atoms with Crippen LogP contribution in [0.4, 0.5) is 0 Å². The van der Waals surface area contributed by atoms with Gasteiger partial charge in [0.2, 0.25) is 0 Å².